The molecule has 0 aromatic heterocycles. The molecule has 7 heteroatoms. The fourth-order valence-electron chi connectivity index (χ4n) is 8.36. The van der Waals surface area contributed by atoms with Gasteiger partial charge in [0.05, 0.1) is 24.4 Å². The quantitative estimate of drug-likeness (QED) is 0.190. The van der Waals surface area contributed by atoms with E-state index in [-0.39, 0.29) is 53.2 Å². The maximum atomic E-state index is 14.3. The highest BCUT2D eigenvalue weighted by Crippen LogP contribution is 2.63. The average Bonchev–Trinajstić information content (AvgIpc) is 3.83. The lowest BCUT2D eigenvalue weighted by molar-refractivity contribution is -0.185. The summed E-state index contributed by atoms with van der Waals surface area (Å²) in [7, 11) is 0. The minimum atomic E-state index is -1.84. The Morgan fingerprint density at radius 1 is 1.02 bits per heavy atom. The van der Waals surface area contributed by atoms with E-state index in [4.69, 9.17) is 14.2 Å². The number of carbonyl (C=O) groups is 3. The van der Waals surface area contributed by atoms with Gasteiger partial charge in [-0.05, 0) is 80.6 Å². The van der Waals surface area contributed by atoms with E-state index in [1.54, 1.807) is 6.92 Å². The van der Waals surface area contributed by atoms with Crippen LogP contribution in [0.2, 0.25) is 0 Å². The van der Waals surface area contributed by atoms with E-state index in [0.717, 1.165) is 44.9 Å². The van der Waals surface area contributed by atoms with Crippen molar-refractivity contribution in [1.82, 2.24) is 0 Å². The number of allylic oxidation sites excluding steroid dienone is 1. The standard InChI is InChI=1S/C36H58O7/c1-9-13-15-24(11-3)32(38)42-29-23(6)20-36(40)28(29)31(43-33(39)25(12-4)16-14-10-2)35(21-41-35)18-17-26-27(34(26,7)8)19-22(5)30(36)37/h19,23-29,31,40H,9-18,20-21H2,1-8H3/b22-19+/t23-,24?,25?,26-,27+,28+,29-,31+,35-,36+/m0/s1. The number of fused-ring (bicyclic) bond motifs is 2. The molecule has 1 aliphatic heterocycles. The number of unbranched alkanes of at least 4 members (excludes halogenated alkanes) is 2. The topological polar surface area (TPSA) is 102 Å². The molecule has 1 N–H and O–H groups in total. The highest BCUT2D eigenvalue weighted by atomic mass is 16.6. The van der Waals surface area contributed by atoms with Crippen molar-refractivity contribution in [1.29, 1.82) is 0 Å². The van der Waals surface area contributed by atoms with Crippen LogP contribution in [0.25, 0.3) is 0 Å². The molecule has 3 aliphatic carbocycles. The summed E-state index contributed by atoms with van der Waals surface area (Å²) < 4.78 is 19.0. The van der Waals surface area contributed by atoms with Gasteiger partial charge in [-0.25, -0.2) is 0 Å². The number of hydrogen-bond acceptors (Lipinski definition) is 7. The number of Topliss-reactive ketones (excluding diaryl/α,β-unsaturated/α-hetero) is 1. The molecule has 10 atom stereocenters. The Kier molecular flexibility index (Phi) is 10.6. The second-order valence-electron chi connectivity index (χ2n) is 14.9. The molecule has 0 radical (unpaired) electrons. The van der Waals surface area contributed by atoms with E-state index in [0.29, 0.717) is 37.4 Å². The van der Waals surface area contributed by atoms with Crippen molar-refractivity contribution in [3.63, 3.8) is 0 Å². The number of rotatable bonds is 12. The van der Waals surface area contributed by atoms with Crippen molar-refractivity contribution in [3.05, 3.63) is 11.6 Å². The lowest BCUT2D eigenvalue weighted by Gasteiger charge is -2.40. The molecular formula is C36H58O7. The number of hydrogen-bond donors (Lipinski definition) is 1. The molecule has 2 saturated carbocycles. The maximum absolute atomic E-state index is 14.3. The number of carbonyl (C=O) groups excluding carboxylic acids is 3. The molecule has 0 aromatic carbocycles. The summed E-state index contributed by atoms with van der Waals surface area (Å²) in [4.78, 5) is 41.7. The number of aliphatic hydroxyl groups is 1. The molecule has 0 bridgehead atoms. The molecule has 4 rings (SSSR count). The Morgan fingerprint density at radius 3 is 2.09 bits per heavy atom. The monoisotopic (exact) mass is 602 g/mol. The van der Waals surface area contributed by atoms with Crippen LogP contribution in [0, 0.1) is 40.9 Å². The van der Waals surface area contributed by atoms with Crippen molar-refractivity contribution in [2.24, 2.45) is 40.9 Å². The Labute approximate surface area is 259 Å². The van der Waals surface area contributed by atoms with Gasteiger partial charge in [-0.15, -0.1) is 0 Å². The number of ketones is 1. The summed E-state index contributed by atoms with van der Waals surface area (Å²) >= 11 is 0. The highest BCUT2D eigenvalue weighted by molar-refractivity contribution is 6.02. The summed E-state index contributed by atoms with van der Waals surface area (Å²) in [5.41, 5.74) is -2.06. The van der Waals surface area contributed by atoms with Crippen LogP contribution in [0.4, 0.5) is 0 Å². The summed E-state index contributed by atoms with van der Waals surface area (Å²) in [5.74, 6) is -2.07. The zero-order chi connectivity index (χ0) is 31.7. The van der Waals surface area contributed by atoms with Crippen molar-refractivity contribution in [2.75, 3.05) is 6.61 Å². The molecule has 43 heavy (non-hydrogen) atoms. The first-order chi connectivity index (χ1) is 20.3. The Morgan fingerprint density at radius 2 is 1.58 bits per heavy atom. The molecular weight excluding hydrogens is 544 g/mol. The molecule has 244 valence electrons. The van der Waals surface area contributed by atoms with Crippen molar-refractivity contribution in [3.8, 4) is 0 Å². The Hall–Kier alpha value is -1.73. The van der Waals surface area contributed by atoms with E-state index >= 15 is 0 Å². The van der Waals surface area contributed by atoms with Gasteiger partial charge in [0.25, 0.3) is 0 Å². The lowest BCUT2D eigenvalue weighted by atomic mass is 9.74. The minimum absolute atomic E-state index is 0.0488. The van der Waals surface area contributed by atoms with Gasteiger partial charge in [0.1, 0.15) is 23.4 Å². The molecule has 4 aliphatic rings. The molecule has 0 aromatic rings. The zero-order valence-corrected chi connectivity index (χ0v) is 28.1. The van der Waals surface area contributed by atoms with E-state index in [1.165, 1.54) is 0 Å². The van der Waals surface area contributed by atoms with Crippen LogP contribution >= 0.6 is 0 Å². The molecule has 0 amide bonds. The molecule has 2 unspecified atom stereocenters. The predicted molar refractivity (Wildman–Crippen MR) is 166 cm³/mol. The largest absolute Gasteiger partial charge is 0.461 e. The van der Waals surface area contributed by atoms with Crippen LogP contribution in [0.1, 0.15) is 126 Å². The maximum Gasteiger partial charge on any atom is 0.309 e. The second kappa shape index (κ2) is 13.3. The predicted octanol–water partition coefficient (Wildman–Crippen LogP) is 6.98. The van der Waals surface area contributed by atoms with E-state index in [2.05, 4.69) is 33.8 Å². The molecule has 3 fully saturated rings. The first kappa shape index (κ1) is 34.1. The van der Waals surface area contributed by atoms with Gasteiger partial charge in [-0.2, -0.15) is 0 Å². The van der Waals surface area contributed by atoms with Gasteiger partial charge in [0.2, 0.25) is 0 Å². The highest BCUT2D eigenvalue weighted by Gasteiger charge is 2.69. The Balaban J connectivity index is 1.78. The van der Waals surface area contributed by atoms with Gasteiger partial charge >= 0.3 is 11.9 Å². The SMILES string of the molecule is CCCCC(CC)C(=O)O[C@@H]1[C@@H]2[C@@H](OC(=O)C(CC)CCCC)[C@]3(CC[C@H]4[C@@H](/C=C(\C)C(=O)[C@@]2(O)C[C@@H]1C)C4(C)C)CO3. The van der Waals surface area contributed by atoms with Crippen LogP contribution in [0.5, 0.6) is 0 Å². The zero-order valence-electron chi connectivity index (χ0n) is 28.1. The van der Waals surface area contributed by atoms with Gasteiger partial charge < -0.3 is 19.3 Å². The average molecular weight is 603 g/mol. The molecule has 1 heterocycles. The van der Waals surface area contributed by atoms with E-state index < -0.39 is 29.3 Å². The summed E-state index contributed by atoms with van der Waals surface area (Å²) in [5, 5.41) is 12.5. The second-order valence-corrected chi connectivity index (χ2v) is 14.9. The van der Waals surface area contributed by atoms with Crippen molar-refractivity contribution in [2.45, 2.75) is 149 Å². The van der Waals surface area contributed by atoms with Crippen LogP contribution in [-0.4, -0.2) is 52.8 Å². The molecule has 1 saturated heterocycles. The van der Waals surface area contributed by atoms with Crippen molar-refractivity contribution < 1.29 is 33.7 Å². The Bertz CT molecular complexity index is 1060. The molecule has 7 nitrogen and oxygen atoms in total. The summed E-state index contributed by atoms with van der Waals surface area (Å²) in [6, 6.07) is 0. The van der Waals surface area contributed by atoms with Gasteiger partial charge in [0.15, 0.2) is 5.78 Å². The van der Waals surface area contributed by atoms with Gasteiger partial charge in [0, 0.05) is 0 Å². The van der Waals surface area contributed by atoms with Gasteiger partial charge in [-0.3, -0.25) is 14.4 Å². The normalized spacial score (nSPS) is 39.0. The van der Waals surface area contributed by atoms with Crippen molar-refractivity contribution >= 4 is 17.7 Å². The minimum Gasteiger partial charge on any atom is -0.461 e. The first-order valence-electron chi connectivity index (χ1n) is 17.3. The fraction of sp³-hybridized carbons (Fsp3) is 0.861. The third-order valence-corrected chi connectivity index (χ3v) is 11.6. The summed E-state index contributed by atoms with van der Waals surface area (Å²) in [6.45, 7) is 16.8. The molecule has 1 spiro atoms. The number of ether oxygens (including phenoxy) is 3. The number of epoxide rings is 1. The van der Waals surface area contributed by atoms with E-state index in [9.17, 15) is 19.5 Å². The smallest absolute Gasteiger partial charge is 0.309 e. The lowest BCUT2D eigenvalue weighted by Crippen LogP contribution is -2.57. The van der Waals surface area contributed by atoms with Gasteiger partial charge in [-0.1, -0.05) is 80.2 Å². The van der Waals surface area contributed by atoms with Crippen LogP contribution in [0.15, 0.2) is 11.6 Å². The van der Waals surface area contributed by atoms with Crippen LogP contribution in [0.3, 0.4) is 0 Å². The third kappa shape index (κ3) is 6.64. The summed E-state index contributed by atoms with van der Waals surface area (Å²) in [6.07, 6.45) is 8.65. The van der Waals surface area contributed by atoms with Crippen LogP contribution in [-0.2, 0) is 28.6 Å². The third-order valence-electron chi connectivity index (χ3n) is 11.6. The number of esters is 2. The van der Waals surface area contributed by atoms with E-state index in [1.807, 2.05) is 20.8 Å². The fourth-order valence-corrected chi connectivity index (χ4v) is 8.36. The van der Waals surface area contributed by atoms with Crippen LogP contribution < -0.4 is 0 Å². The first-order valence-corrected chi connectivity index (χ1v) is 17.3.